The first-order chi connectivity index (χ1) is 7.77. The van der Waals surface area contributed by atoms with Crippen molar-refractivity contribution in [3.8, 4) is 0 Å². The van der Waals surface area contributed by atoms with Crippen molar-refractivity contribution in [3.63, 3.8) is 0 Å². The number of nitrogens with zero attached hydrogens (tertiary/aromatic N) is 1. The fourth-order valence-electron chi connectivity index (χ4n) is 1.13. The summed E-state index contributed by atoms with van der Waals surface area (Å²) in [4.78, 5) is 15.4. The zero-order valence-electron chi connectivity index (χ0n) is 9.22. The minimum Gasteiger partial charge on any atom is -0.462 e. The van der Waals surface area contributed by atoms with E-state index in [1.807, 2.05) is 0 Å². The molecule has 0 aromatic heterocycles. The molecule has 0 amide bonds. The molecule has 1 aromatic rings. The molecule has 1 N–H and O–H groups in total. The van der Waals surface area contributed by atoms with Gasteiger partial charge in [0.1, 0.15) is 0 Å². The monoisotopic (exact) mass is 221 g/mol. The standard InChI is InChI=1S/C12H15NO3/c1-2-16-12(15)10-4-6-11(7-5-10)13-8-3-9-14/h4-8,14H,2-3,9H2,1H3. The molecule has 1 rings (SSSR count). The van der Waals surface area contributed by atoms with Gasteiger partial charge in [-0.3, -0.25) is 4.99 Å². The average molecular weight is 221 g/mol. The van der Waals surface area contributed by atoms with Crippen molar-refractivity contribution in [1.29, 1.82) is 0 Å². The minimum absolute atomic E-state index is 0.0877. The van der Waals surface area contributed by atoms with E-state index in [-0.39, 0.29) is 12.6 Å². The van der Waals surface area contributed by atoms with Crippen LogP contribution in [0.25, 0.3) is 0 Å². The summed E-state index contributed by atoms with van der Waals surface area (Å²) >= 11 is 0. The quantitative estimate of drug-likeness (QED) is 0.610. The van der Waals surface area contributed by atoms with Crippen molar-refractivity contribution >= 4 is 17.9 Å². The molecule has 16 heavy (non-hydrogen) atoms. The van der Waals surface area contributed by atoms with E-state index in [2.05, 4.69) is 4.99 Å². The van der Waals surface area contributed by atoms with Gasteiger partial charge in [0.2, 0.25) is 0 Å². The molecule has 4 heteroatoms. The number of carbonyl (C=O) groups excluding carboxylic acids is 1. The second-order valence-corrected chi connectivity index (χ2v) is 3.09. The van der Waals surface area contributed by atoms with Gasteiger partial charge in [0.15, 0.2) is 0 Å². The molecular weight excluding hydrogens is 206 g/mol. The maximum absolute atomic E-state index is 11.3. The van der Waals surface area contributed by atoms with Gasteiger partial charge in [-0.05, 0) is 31.2 Å². The minimum atomic E-state index is -0.326. The van der Waals surface area contributed by atoms with Gasteiger partial charge in [-0.25, -0.2) is 4.79 Å². The molecule has 86 valence electrons. The van der Waals surface area contributed by atoms with E-state index >= 15 is 0 Å². The molecule has 0 unspecified atom stereocenters. The van der Waals surface area contributed by atoms with E-state index < -0.39 is 0 Å². The first kappa shape index (κ1) is 12.4. The summed E-state index contributed by atoms with van der Waals surface area (Å²) in [6.07, 6.45) is 2.17. The van der Waals surface area contributed by atoms with Gasteiger partial charge in [-0.2, -0.15) is 0 Å². The van der Waals surface area contributed by atoms with Crippen LogP contribution in [0.3, 0.4) is 0 Å². The third-order valence-electron chi connectivity index (χ3n) is 1.88. The van der Waals surface area contributed by atoms with Gasteiger partial charge in [-0.1, -0.05) is 0 Å². The first-order valence-electron chi connectivity index (χ1n) is 5.18. The van der Waals surface area contributed by atoms with E-state index in [9.17, 15) is 4.79 Å². The van der Waals surface area contributed by atoms with Crippen molar-refractivity contribution < 1.29 is 14.6 Å². The van der Waals surface area contributed by atoms with E-state index in [1.54, 1.807) is 37.4 Å². The normalized spacial score (nSPS) is 10.6. The summed E-state index contributed by atoms with van der Waals surface area (Å²) < 4.78 is 4.86. The van der Waals surface area contributed by atoms with E-state index in [1.165, 1.54) is 0 Å². The highest BCUT2D eigenvalue weighted by molar-refractivity contribution is 5.89. The van der Waals surface area contributed by atoms with E-state index in [0.717, 1.165) is 5.69 Å². The number of aliphatic hydroxyl groups is 1. The van der Waals surface area contributed by atoms with Crippen LogP contribution < -0.4 is 0 Å². The Hall–Kier alpha value is -1.68. The number of hydrogen-bond acceptors (Lipinski definition) is 4. The van der Waals surface area contributed by atoms with Crippen molar-refractivity contribution in [1.82, 2.24) is 0 Å². The topological polar surface area (TPSA) is 58.9 Å². The molecule has 0 spiro atoms. The Bertz CT molecular complexity index is 357. The van der Waals surface area contributed by atoms with Gasteiger partial charge in [0.05, 0.1) is 17.9 Å². The van der Waals surface area contributed by atoms with Gasteiger partial charge in [0.25, 0.3) is 0 Å². The lowest BCUT2D eigenvalue weighted by Gasteiger charge is -2.01. The van der Waals surface area contributed by atoms with Crippen molar-refractivity contribution in [2.24, 2.45) is 4.99 Å². The second-order valence-electron chi connectivity index (χ2n) is 3.09. The first-order valence-corrected chi connectivity index (χ1v) is 5.18. The van der Waals surface area contributed by atoms with Crippen LogP contribution in [0, 0.1) is 0 Å². The highest BCUT2D eigenvalue weighted by Gasteiger charge is 2.04. The van der Waals surface area contributed by atoms with Crippen LogP contribution >= 0.6 is 0 Å². The summed E-state index contributed by atoms with van der Waals surface area (Å²) in [6.45, 7) is 2.23. The largest absolute Gasteiger partial charge is 0.462 e. The molecular formula is C12H15NO3. The van der Waals surface area contributed by atoms with Crippen LogP contribution in [0.1, 0.15) is 23.7 Å². The van der Waals surface area contributed by atoms with Crippen LogP contribution in [0.15, 0.2) is 29.3 Å². The molecule has 0 aliphatic heterocycles. The number of benzene rings is 1. The summed E-state index contributed by atoms with van der Waals surface area (Å²) in [5.41, 5.74) is 1.27. The molecule has 0 saturated heterocycles. The second kappa shape index (κ2) is 6.74. The lowest BCUT2D eigenvalue weighted by atomic mass is 10.2. The third-order valence-corrected chi connectivity index (χ3v) is 1.88. The summed E-state index contributed by atoms with van der Waals surface area (Å²) in [5, 5.41) is 8.57. The van der Waals surface area contributed by atoms with Crippen LogP contribution in [-0.2, 0) is 4.74 Å². The number of aliphatic imine (C=N–C) groups is 1. The van der Waals surface area contributed by atoms with E-state index in [0.29, 0.717) is 18.6 Å². The van der Waals surface area contributed by atoms with Crippen molar-refractivity contribution in [2.75, 3.05) is 13.2 Å². The number of esters is 1. The maximum atomic E-state index is 11.3. The molecule has 0 bridgehead atoms. The highest BCUT2D eigenvalue weighted by atomic mass is 16.5. The predicted molar refractivity (Wildman–Crippen MR) is 62.3 cm³/mol. The fourth-order valence-corrected chi connectivity index (χ4v) is 1.13. The van der Waals surface area contributed by atoms with Crippen LogP contribution in [-0.4, -0.2) is 30.5 Å². The number of carbonyl (C=O) groups is 1. The summed E-state index contributed by atoms with van der Waals surface area (Å²) in [6, 6.07) is 6.81. The number of hydrogen-bond donors (Lipinski definition) is 1. The third kappa shape index (κ3) is 3.82. The molecule has 0 atom stereocenters. The molecule has 0 radical (unpaired) electrons. The molecule has 0 heterocycles. The Morgan fingerprint density at radius 1 is 1.44 bits per heavy atom. The smallest absolute Gasteiger partial charge is 0.338 e. The van der Waals surface area contributed by atoms with Gasteiger partial charge >= 0.3 is 5.97 Å². The number of ether oxygens (including phenoxy) is 1. The van der Waals surface area contributed by atoms with Gasteiger partial charge < -0.3 is 9.84 Å². The van der Waals surface area contributed by atoms with Crippen LogP contribution in [0.4, 0.5) is 5.69 Å². The number of aliphatic hydroxyl groups excluding tert-OH is 1. The fraction of sp³-hybridized carbons (Fsp3) is 0.333. The SMILES string of the molecule is CCOC(=O)c1ccc(N=CCCO)cc1. The molecule has 4 nitrogen and oxygen atoms in total. The molecule has 1 aromatic carbocycles. The lowest BCUT2D eigenvalue weighted by molar-refractivity contribution is 0.0526. The summed E-state index contributed by atoms with van der Waals surface area (Å²) in [7, 11) is 0. The molecule has 0 aliphatic carbocycles. The molecule has 0 aliphatic rings. The van der Waals surface area contributed by atoms with Crippen molar-refractivity contribution in [3.05, 3.63) is 29.8 Å². The van der Waals surface area contributed by atoms with E-state index in [4.69, 9.17) is 9.84 Å². The van der Waals surface area contributed by atoms with Crippen LogP contribution in [0.2, 0.25) is 0 Å². The zero-order chi connectivity index (χ0) is 11.8. The Balaban J connectivity index is 2.64. The Morgan fingerprint density at radius 3 is 2.69 bits per heavy atom. The average Bonchev–Trinajstić information content (AvgIpc) is 2.30. The lowest BCUT2D eigenvalue weighted by Crippen LogP contribution is -2.03. The Kier molecular flexibility index (Phi) is 5.22. The highest BCUT2D eigenvalue weighted by Crippen LogP contribution is 2.13. The van der Waals surface area contributed by atoms with Gasteiger partial charge in [0, 0.05) is 19.2 Å². The van der Waals surface area contributed by atoms with Crippen molar-refractivity contribution in [2.45, 2.75) is 13.3 Å². The number of rotatable bonds is 5. The Labute approximate surface area is 94.6 Å². The molecule has 0 fully saturated rings. The molecule has 0 saturated carbocycles. The zero-order valence-corrected chi connectivity index (χ0v) is 9.22. The predicted octanol–water partition coefficient (Wildman–Crippen LogP) is 1.95. The summed E-state index contributed by atoms with van der Waals surface area (Å²) in [5.74, 6) is -0.326. The maximum Gasteiger partial charge on any atom is 0.338 e. The van der Waals surface area contributed by atoms with Crippen LogP contribution in [0.5, 0.6) is 0 Å². The Morgan fingerprint density at radius 2 is 2.12 bits per heavy atom. The van der Waals surface area contributed by atoms with Gasteiger partial charge in [-0.15, -0.1) is 0 Å².